The molecule has 7 nitrogen and oxygen atoms in total. The monoisotopic (exact) mass is 322 g/mol. The summed E-state index contributed by atoms with van der Waals surface area (Å²) in [5.74, 6) is -0.963. The van der Waals surface area contributed by atoms with Gasteiger partial charge in [-0.2, -0.15) is 0 Å². The van der Waals surface area contributed by atoms with Crippen LogP contribution in [0.3, 0.4) is 0 Å². The van der Waals surface area contributed by atoms with Crippen LogP contribution in [0.15, 0.2) is 28.7 Å². The number of phenols is 2. The number of aromatic hydroxyl groups is 2. The third-order valence-corrected chi connectivity index (χ3v) is 4.59. The lowest BCUT2D eigenvalue weighted by Crippen LogP contribution is -2.12. The quantitative estimate of drug-likeness (QED) is 0.505. The van der Waals surface area contributed by atoms with Gasteiger partial charge in [0.2, 0.25) is 4.96 Å². The van der Waals surface area contributed by atoms with E-state index in [-0.39, 0.29) is 22.9 Å². The van der Waals surface area contributed by atoms with Gasteiger partial charge in [-0.1, -0.05) is 29.2 Å². The zero-order chi connectivity index (χ0) is 15.0. The van der Waals surface area contributed by atoms with Crippen molar-refractivity contribution >= 4 is 39.7 Å². The van der Waals surface area contributed by atoms with Crippen molar-refractivity contribution in [2.45, 2.75) is 4.34 Å². The zero-order valence-electron chi connectivity index (χ0n) is 10.8. The number of phenolic OH excluding ortho intramolecular Hbond substituents is 2. The number of rotatable bonds is 3. The molecule has 3 N–H and O–H groups in total. The second kappa shape index (κ2) is 5.26. The van der Waals surface area contributed by atoms with Crippen LogP contribution < -0.4 is 5.32 Å². The van der Waals surface area contributed by atoms with Crippen molar-refractivity contribution < 1.29 is 15.0 Å². The Bertz CT molecular complexity index is 775. The van der Waals surface area contributed by atoms with E-state index < -0.39 is 5.91 Å². The maximum atomic E-state index is 12.1. The van der Waals surface area contributed by atoms with Crippen LogP contribution in [-0.2, 0) is 0 Å². The Balaban J connectivity index is 1.88. The summed E-state index contributed by atoms with van der Waals surface area (Å²) in [6.45, 7) is 0. The maximum absolute atomic E-state index is 12.1. The van der Waals surface area contributed by atoms with Gasteiger partial charge in [-0.25, -0.2) is 9.50 Å². The molecule has 0 aliphatic carbocycles. The molecule has 0 aliphatic rings. The molecule has 2 heterocycles. The summed E-state index contributed by atoms with van der Waals surface area (Å²) in [5, 5.41) is 25.9. The van der Waals surface area contributed by atoms with E-state index in [9.17, 15) is 15.0 Å². The Morgan fingerprint density at radius 1 is 1.38 bits per heavy atom. The van der Waals surface area contributed by atoms with Crippen molar-refractivity contribution in [3.8, 4) is 11.5 Å². The fourth-order valence-electron chi connectivity index (χ4n) is 1.71. The maximum Gasteiger partial charge on any atom is 0.276 e. The highest BCUT2D eigenvalue weighted by Crippen LogP contribution is 2.32. The van der Waals surface area contributed by atoms with Gasteiger partial charge in [-0.3, -0.25) is 4.79 Å². The highest BCUT2D eigenvalue weighted by atomic mass is 32.2. The number of carbonyl (C=O) groups excluding carboxylic acids is 1. The molecule has 0 saturated heterocycles. The number of thioether (sulfide) groups is 1. The lowest BCUT2D eigenvalue weighted by Gasteiger charge is -2.07. The normalized spacial score (nSPS) is 10.9. The molecule has 108 valence electrons. The second-order valence-electron chi connectivity index (χ2n) is 4.05. The van der Waals surface area contributed by atoms with E-state index >= 15 is 0 Å². The van der Waals surface area contributed by atoms with Crippen LogP contribution in [0.1, 0.15) is 10.5 Å². The zero-order valence-corrected chi connectivity index (χ0v) is 12.4. The van der Waals surface area contributed by atoms with E-state index in [0.29, 0.717) is 4.96 Å². The standard InChI is InChI=1S/C12H10N4O3S2/c1-20-12-15-16-5-6(13-11(16)21-12)10(19)14-9-7(17)3-2-4-8(9)18/h2-5,17-18H,1H3,(H,14,19). The fourth-order valence-corrected chi connectivity index (χ4v) is 3.05. The molecular weight excluding hydrogens is 312 g/mol. The van der Waals surface area contributed by atoms with Crippen LogP contribution >= 0.6 is 23.1 Å². The first-order valence-electron chi connectivity index (χ1n) is 5.81. The number of anilines is 1. The third kappa shape index (κ3) is 2.52. The fraction of sp³-hybridized carbons (Fsp3) is 0.0833. The van der Waals surface area contributed by atoms with Gasteiger partial charge < -0.3 is 15.5 Å². The average molecular weight is 322 g/mol. The molecule has 9 heteroatoms. The Morgan fingerprint density at radius 2 is 2.10 bits per heavy atom. The molecule has 2 aromatic heterocycles. The number of benzene rings is 1. The van der Waals surface area contributed by atoms with Crippen LogP contribution in [0.4, 0.5) is 5.69 Å². The number of carbonyl (C=O) groups is 1. The molecule has 0 saturated carbocycles. The van der Waals surface area contributed by atoms with Crippen molar-refractivity contribution in [3.05, 3.63) is 30.1 Å². The first-order chi connectivity index (χ1) is 10.1. The average Bonchev–Trinajstić information content (AvgIpc) is 3.00. The lowest BCUT2D eigenvalue weighted by molar-refractivity contribution is 0.102. The predicted molar refractivity (Wildman–Crippen MR) is 80.4 cm³/mol. The molecule has 1 amide bonds. The van der Waals surface area contributed by atoms with Gasteiger partial charge in [0, 0.05) is 0 Å². The lowest BCUT2D eigenvalue weighted by atomic mass is 10.2. The number of hydrogen-bond acceptors (Lipinski definition) is 7. The number of amides is 1. The molecule has 0 radical (unpaired) electrons. The summed E-state index contributed by atoms with van der Waals surface area (Å²) in [6, 6.07) is 4.21. The molecule has 0 atom stereocenters. The summed E-state index contributed by atoms with van der Waals surface area (Å²) < 4.78 is 2.37. The molecule has 0 unspecified atom stereocenters. The minimum atomic E-state index is -0.532. The number of imidazole rings is 1. The first kappa shape index (κ1) is 13.7. The Kier molecular flexibility index (Phi) is 3.43. The van der Waals surface area contributed by atoms with Gasteiger partial charge in [0.1, 0.15) is 22.9 Å². The molecule has 0 fully saturated rings. The smallest absolute Gasteiger partial charge is 0.276 e. The highest BCUT2D eigenvalue weighted by molar-refractivity contribution is 8.00. The van der Waals surface area contributed by atoms with Gasteiger partial charge in [-0.05, 0) is 18.4 Å². The largest absolute Gasteiger partial charge is 0.506 e. The van der Waals surface area contributed by atoms with Crippen molar-refractivity contribution in [2.75, 3.05) is 11.6 Å². The van der Waals surface area contributed by atoms with Crippen LogP contribution in [0, 0.1) is 0 Å². The summed E-state index contributed by atoms with van der Waals surface area (Å²) >= 11 is 2.87. The summed E-state index contributed by atoms with van der Waals surface area (Å²) in [6.07, 6.45) is 3.41. The number of hydrogen-bond donors (Lipinski definition) is 3. The van der Waals surface area contributed by atoms with E-state index in [4.69, 9.17) is 0 Å². The number of nitrogens with zero attached hydrogens (tertiary/aromatic N) is 3. The molecular formula is C12H10N4O3S2. The highest BCUT2D eigenvalue weighted by Gasteiger charge is 2.17. The predicted octanol–water partition coefficient (Wildman–Crippen LogP) is 2.18. The molecule has 0 aliphatic heterocycles. The van der Waals surface area contributed by atoms with Crippen molar-refractivity contribution in [1.29, 1.82) is 0 Å². The van der Waals surface area contributed by atoms with E-state index in [2.05, 4.69) is 15.4 Å². The number of aromatic nitrogens is 3. The number of nitrogens with one attached hydrogen (secondary N) is 1. The van der Waals surface area contributed by atoms with Crippen LogP contribution in [0.5, 0.6) is 11.5 Å². The molecule has 3 aromatic rings. The topological polar surface area (TPSA) is 99.8 Å². The molecule has 21 heavy (non-hydrogen) atoms. The van der Waals surface area contributed by atoms with E-state index in [1.165, 1.54) is 52.0 Å². The molecule has 1 aromatic carbocycles. The Hall–Kier alpha value is -2.26. The van der Waals surface area contributed by atoms with E-state index in [1.54, 1.807) is 0 Å². The SMILES string of the molecule is CSc1nn2cc(C(=O)Nc3c(O)cccc3O)nc2s1. The van der Waals surface area contributed by atoms with Gasteiger partial charge in [0.15, 0.2) is 4.34 Å². The van der Waals surface area contributed by atoms with Crippen molar-refractivity contribution in [1.82, 2.24) is 14.6 Å². The van der Waals surface area contributed by atoms with Crippen LogP contribution in [0.25, 0.3) is 4.96 Å². The summed E-state index contributed by atoms with van der Waals surface area (Å²) in [7, 11) is 0. The Morgan fingerprint density at radius 3 is 2.71 bits per heavy atom. The van der Waals surface area contributed by atoms with Crippen molar-refractivity contribution in [2.24, 2.45) is 0 Å². The summed E-state index contributed by atoms with van der Waals surface area (Å²) in [5.41, 5.74) is 0.112. The number of para-hydroxylation sites is 1. The first-order valence-corrected chi connectivity index (χ1v) is 7.85. The van der Waals surface area contributed by atoms with E-state index in [0.717, 1.165) is 4.34 Å². The third-order valence-electron chi connectivity index (χ3n) is 2.69. The van der Waals surface area contributed by atoms with Crippen LogP contribution in [0.2, 0.25) is 0 Å². The van der Waals surface area contributed by atoms with Crippen molar-refractivity contribution in [3.63, 3.8) is 0 Å². The number of fused-ring (bicyclic) bond motifs is 1. The molecule has 3 rings (SSSR count). The molecule has 0 bridgehead atoms. The Labute approximate surface area is 127 Å². The van der Waals surface area contributed by atoms with Gasteiger partial charge in [0.25, 0.3) is 5.91 Å². The van der Waals surface area contributed by atoms with E-state index in [1.807, 2.05) is 6.26 Å². The second-order valence-corrected chi connectivity index (χ2v) is 6.06. The summed E-state index contributed by atoms with van der Waals surface area (Å²) in [4.78, 5) is 16.9. The minimum Gasteiger partial charge on any atom is -0.506 e. The van der Waals surface area contributed by atoms with Gasteiger partial charge in [0.05, 0.1) is 6.20 Å². The van der Waals surface area contributed by atoms with Gasteiger partial charge in [-0.15, -0.1) is 5.10 Å². The minimum absolute atomic E-state index is 0.0448. The van der Waals surface area contributed by atoms with Crippen LogP contribution in [-0.4, -0.2) is 37.0 Å². The van der Waals surface area contributed by atoms with Gasteiger partial charge >= 0.3 is 0 Å². The molecule has 0 spiro atoms.